The molecule has 5 heterocycles. The maximum Gasteiger partial charge on any atom is 0.0738 e. The highest BCUT2D eigenvalue weighted by Gasteiger charge is 2.24. The summed E-state index contributed by atoms with van der Waals surface area (Å²) in [4.78, 5) is 17.8. The second-order valence-electron chi connectivity index (χ2n) is 12.9. The van der Waals surface area contributed by atoms with Crippen LogP contribution in [0.5, 0.6) is 0 Å². The van der Waals surface area contributed by atoms with Crippen LogP contribution in [-0.4, -0.2) is 19.9 Å². The van der Waals surface area contributed by atoms with Crippen LogP contribution in [0.25, 0.3) is 90.9 Å². The Morgan fingerprint density at radius 1 is 0.268 bits per heavy atom. The highest BCUT2D eigenvalue weighted by Crippen LogP contribution is 2.46. The maximum absolute atomic E-state index is 6.95. The molecule has 0 saturated carbocycles. The van der Waals surface area contributed by atoms with Gasteiger partial charge in [0.1, 0.15) is 0 Å². The first-order valence-corrected chi connectivity index (χ1v) is 20.0. The molecule has 2 N–H and O–H groups in total. The van der Waals surface area contributed by atoms with Gasteiger partial charge in [0.2, 0.25) is 0 Å². The Kier molecular flexibility index (Phi) is 9.98. The van der Waals surface area contributed by atoms with Crippen LogP contribution < -0.4 is 0 Å². The molecule has 0 saturated heterocycles. The third-order valence-corrected chi connectivity index (χ3v) is 12.1. The Morgan fingerprint density at radius 3 is 0.661 bits per heavy atom. The van der Waals surface area contributed by atoms with Gasteiger partial charge in [0.05, 0.1) is 63.0 Å². The summed E-state index contributed by atoms with van der Waals surface area (Å²) in [5, 5.41) is 3.53. The molecule has 0 spiro atoms. The second-order valence-corrected chi connectivity index (χ2v) is 16.1. The van der Waals surface area contributed by atoms with Gasteiger partial charge < -0.3 is 9.97 Å². The van der Waals surface area contributed by atoms with Gasteiger partial charge in [-0.25, -0.2) is 9.97 Å². The monoisotopic (exact) mass is 886 g/mol. The highest BCUT2D eigenvalue weighted by molar-refractivity contribution is 6.42. The van der Waals surface area contributed by atoms with Crippen molar-refractivity contribution in [2.45, 2.75) is 0 Å². The van der Waals surface area contributed by atoms with Gasteiger partial charge in [-0.05, 0) is 97.1 Å². The van der Waals surface area contributed by atoms with E-state index in [1.165, 1.54) is 0 Å². The molecule has 12 heteroatoms. The second kappa shape index (κ2) is 14.9. The summed E-state index contributed by atoms with van der Waals surface area (Å²) < 4.78 is 0. The number of hydrogen-bond donors (Lipinski definition) is 2. The van der Waals surface area contributed by atoms with E-state index in [1.807, 2.05) is 48.6 Å². The minimum Gasteiger partial charge on any atom is -0.354 e. The fourth-order valence-corrected chi connectivity index (χ4v) is 9.55. The molecule has 7 aromatic rings. The minimum atomic E-state index is 0.442. The van der Waals surface area contributed by atoms with Crippen molar-refractivity contribution in [1.29, 1.82) is 0 Å². The Labute approximate surface area is 360 Å². The number of nitrogens with zero attached hydrogens (tertiary/aromatic N) is 2. The Balaban J connectivity index is 1.55. The molecule has 56 heavy (non-hydrogen) atoms. The summed E-state index contributed by atoms with van der Waals surface area (Å²) in [7, 11) is 0. The van der Waals surface area contributed by atoms with Crippen molar-refractivity contribution in [3.05, 3.63) is 160 Å². The zero-order valence-corrected chi connectivity index (χ0v) is 34.5. The maximum atomic E-state index is 6.95. The fourth-order valence-electron chi connectivity index (χ4n) is 7.20. The van der Waals surface area contributed by atoms with E-state index in [1.54, 1.807) is 72.8 Å². The predicted octanol–water partition coefficient (Wildman–Crippen LogP) is 16.6. The van der Waals surface area contributed by atoms with E-state index in [4.69, 9.17) is 103 Å². The van der Waals surface area contributed by atoms with Gasteiger partial charge in [0.25, 0.3) is 0 Å². The van der Waals surface area contributed by atoms with Crippen LogP contribution in [0, 0.1) is 0 Å². The average Bonchev–Trinajstić information content (AvgIpc) is 4.00. The number of fused-ring (bicyclic) bond motifs is 8. The molecule has 0 amide bonds. The first-order chi connectivity index (χ1) is 27.1. The zero-order chi connectivity index (χ0) is 38.8. The van der Waals surface area contributed by atoms with Crippen LogP contribution >= 0.6 is 92.8 Å². The molecular weight excluding hydrogens is 868 g/mol. The number of nitrogens with one attached hydrogen (secondary N) is 2. The van der Waals surface area contributed by atoms with Crippen molar-refractivity contribution >= 4 is 139 Å². The van der Waals surface area contributed by atoms with Crippen molar-refractivity contribution < 1.29 is 0 Å². The molecule has 0 atom stereocenters. The lowest BCUT2D eigenvalue weighted by molar-refractivity contribution is 1.31. The Morgan fingerprint density at radius 2 is 0.464 bits per heavy atom. The molecule has 0 fully saturated rings. The summed E-state index contributed by atoms with van der Waals surface area (Å²) in [6.07, 6.45) is 7.66. The van der Waals surface area contributed by atoms with Crippen LogP contribution in [0.4, 0.5) is 0 Å². The molecule has 9 rings (SSSR count). The summed E-state index contributed by atoms with van der Waals surface area (Å²) in [5.74, 6) is 0. The van der Waals surface area contributed by atoms with Crippen molar-refractivity contribution in [2.24, 2.45) is 0 Å². The van der Waals surface area contributed by atoms with Crippen LogP contribution in [0.2, 0.25) is 40.2 Å². The highest BCUT2D eigenvalue weighted by atomic mass is 35.5. The van der Waals surface area contributed by atoms with Gasteiger partial charge in [-0.3, -0.25) is 0 Å². The number of aromatic nitrogens is 4. The van der Waals surface area contributed by atoms with Crippen molar-refractivity contribution in [1.82, 2.24) is 19.9 Å². The molecule has 2 aliphatic rings. The van der Waals surface area contributed by atoms with E-state index in [9.17, 15) is 0 Å². The Hall–Kier alpha value is -4.20. The van der Waals surface area contributed by atoms with E-state index in [0.717, 1.165) is 0 Å². The minimum absolute atomic E-state index is 0.442. The summed E-state index contributed by atoms with van der Waals surface area (Å²) >= 11 is 55.6. The molecule has 0 unspecified atom stereocenters. The molecule has 2 aliphatic heterocycles. The SMILES string of the molecule is Clc1cccc(Cl)c1-c1c2nc(c(-c3c(Cl)cccc3Cl)c3ccc([nH]3)c(-c3c(Cl)cccc3Cl)c3nc(c(-c4c(Cl)cccc4Cl)c4ccc1[nH]4)C=C3)C=C2. The fraction of sp³-hybridized carbons (Fsp3) is 0. The first-order valence-electron chi connectivity index (χ1n) is 17.0. The van der Waals surface area contributed by atoms with Gasteiger partial charge in [0, 0.05) is 66.6 Å². The lowest BCUT2D eigenvalue weighted by atomic mass is 10.0. The van der Waals surface area contributed by atoms with E-state index >= 15 is 0 Å². The zero-order valence-electron chi connectivity index (χ0n) is 28.5. The number of hydrogen-bond acceptors (Lipinski definition) is 2. The summed E-state index contributed by atoms with van der Waals surface area (Å²) in [5.41, 5.74) is 10.1. The molecule has 3 aromatic heterocycles. The van der Waals surface area contributed by atoms with Gasteiger partial charge in [-0.1, -0.05) is 117 Å². The average molecular weight is 890 g/mol. The van der Waals surface area contributed by atoms with Crippen molar-refractivity contribution in [3.63, 3.8) is 0 Å². The smallest absolute Gasteiger partial charge is 0.0738 e. The van der Waals surface area contributed by atoms with Gasteiger partial charge in [0.15, 0.2) is 0 Å². The van der Waals surface area contributed by atoms with Gasteiger partial charge >= 0.3 is 0 Å². The standard InChI is InChI=1S/C44H22Cl8N4/c45-21-5-1-6-22(46)37(21)41-29-13-15-31(53-29)42(38-23(47)7-2-8-24(38)48)33-17-19-35(55-33)44(40-27(51)11-4-12-28(40)52)36-20-18-34(56-36)43(32-16-14-30(41)54-32)39-25(49)9-3-10-26(39)50/h1-20,53,56H. The van der Waals surface area contributed by atoms with Crippen LogP contribution in [-0.2, 0) is 0 Å². The molecule has 274 valence electrons. The molecule has 4 aromatic carbocycles. The van der Waals surface area contributed by atoms with Crippen molar-refractivity contribution in [3.8, 4) is 44.5 Å². The number of rotatable bonds is 4. The van der Waals surface area contributed by atoms with Crippen molar-refractivity contribution in [2.75, 3.05) is 0 Å². The van der Waals surface area contributed by atoms with E-state index in [0.29, 0.717) is 130 Å². The topological polar surface area (TPSA) is 57.4 Å². The number of halogens is 8. The lowest BCUT2D eigenvalue weighted by Gasteiger charge is -2.11. The van der Waals surface area contributed by atoms with Gasteiger partial charge in [-0.2, -0.15) is 0 Å². The van der Waals surface area contributed by atoms with Gasteiger partial charge in [-0.15, -0.1) is 0 Å². The summed E-state index contributed by atoms with van der Waals surface area (Å²) in [6, 6.07) is 29.3. The number of aromatic amines is 2. The normalized spacial score (nSPS) is 12.1. The number of H-pyrrole nitrogens is 2. The van der Waals surface area contributed by atoms with Crippen LogP contribution in [0.1, 0.15) is 22.8 Å². The number of benzene rings is 4. The quantitative estimate of drug-likeness (QED) is 0.185. The largest absolute Gasteiger partial charge is 0.354 e. The summed E-state index contributed by atoms with van der Waals surface area (Å²) in [6.45, 7) is 0. The predicted molar refractivity (Wildman–Crippen MR) is 241 cm³/mol. The molecule has 8 bridgehead atoms. The molecule has 0 radical (unpaired) electrons. The molecule has 0 aliphatic carbocycles. The first kappa shape index (κ1) is 37.4. The van der Waals surface area contributed by atoms with Crippen LogP contribution in [0.15, 0.2) is 97.1 Å². The molecular formula is C44H22Cl8N4. The third-order valence-electron chi connectivity index (χ3n) is 9.60. The van der Waals surface area contributed by atoms with Crippen LogP contribution in [0.3, 0.4) is 0 Å². The lowest BCUT2D eigenvalue weighted by Crippen LogP contribution is -1.92. The molecule has 4 nitrogen and oxygen atoms in total. The Bertz CT molecular complexity index is 2550. The van der Waals surface area contributed by atoms with E-state index in [-0.39, 0.29) is 0 Å². The third kappa shape index (κ3) is 6.43. The van der Waals surface area contributed by atoms with E-state index in [2.05, 4.69) is 9.97 Å². The van der Waals surface area contributed by atoms with E-state index < -0.39 is 0 Å².